The van der Waals surface area contributed by atoms with Gasteiger partial charge < -0.3 is 19.3 Å². The molecule has 10 nitrogen and oxygen atoms in total. The number of aryl methyl sites for hydroxylation is 1. The van der Waals surface area contributed by atoms with Crippen molar-refractivity contribution in [3.05, 3.63) is 36.2 Å². The van der Waals surface area contributed by atoms with Crippen LogP contribution in [-0.2, 0) is 16.3 Å². The van der Waals surface area contributed by atoms with Crippen molar-refractivity contribution in [2.24, 2.45) is 5.41 Å². The van der Waals surface area contributed by atoms with Gasteiger partial charge in [0.2, 0.25) is 11.7 Å². The monoisotopic (exact) mass is 557 g/mol. The molecule has 3 aromatic heterocycles. The van der Waals surface area contributed by atoms with Crippen molar-refractivity contribution in [2.75, 3.05) is 37.7 Å². The highest BCUT2D eigenvalue weighted by Gasteiger charge is 2.28. The van der Waals surface area contributed by atoms with Crippen molar-refractivity contribution < 1.29 is 24.1 Å². The van der Waals surface area contributed by atoms with Crippen LogP contribution in [0.25, 0.3) is 22.6 Å². The molecule has 0 aliphatic heterocycles. The predicted molar refractivity (Wildman–Crippen MR) is 153 cm³/mol. The number of rotatable bonds is 13. The number of aromatic nitrogens is 5. The maximum atomic E-state index is 11.3. The lowest BCUT2D eigenvalue weighted by molar-refractivity contribution is -0.148. The minimum Gasteiger partial charge on any atom is -0.481 e. The van der Waals surface area contributed by atoms with E-state index in [2.05, 4.69) is 38.8 Å². The van der Waals surface area contributed by atoms with Crippen molar-refractivity contribution >= 4 is 16.0 Å². The molecule has 1 N–H and O–H groups in total. The van der Waals surface area contributed by atoms with E-state index in [1.165, 1.54) is 6.42 Å². The van der Waals surface area contributed by atoms with Crippen molar-refractivity contribution in [3.8, 4) is 34.5 Å². The van der Waals surface area contributed by atoms with Gasteiger partial charge in [0.15, 0.2) is 0 Å². The second-order valence-electron chi connectivity index (χ2n) is 11.5. The van der Waals surface area contributed by atoms with Crippen LogP contribution in [0.4, 0.5) is 0 Å². The number of carboxylic acids is 1. The third-order valence-corrected chi connectivity index (χ3v) is 7.96. The van der Waals surface area contributed by atoms with Gasteiger partial charge in [-0.2, -0.15) is 9.67 Å². The quantitative estimate of drug-likeness (QED) is 0.295. The zero-order valence-corrected chi connectivity index (χ0v) is 24.5. The van der Waals surface area contributed by atoms with Gasteiger partial charge >= 0.3 is 12.0 Å². The largest absolute Gasteiger partial charge is 0.481 e. The Hall–Kier alpha value is -3.18. The first-order valence-electron chi connectivity index (χ1n) is 13.1. The molecule has 3 heterocycles. The molecule has 0 amide bonds. The fraction of sp³-hybridized carbons (Fsp3) is 0.536. The summed E-state index contributed by atoms with van der Waals surface area (Å²) in [6.07, 6.45) is 13.7. The fourth-order valence-corrected chi connectivity index (χ4v) is 4.24. The molecule has 0 spiro atoms. The van der Waals surface area contributed by atoms with E-state index in [-0.39, 0.29) is 19.4 Å². The summed E-state index contributed by atoms with van der Waals surface area (Å²) in [5, 5.41) is 13.9. The third kappa shape index (κ3) is 7.69. The minimum atomic E-state index is -1.00. The van der Waals surface area contributed by atoms with Crippen LogP contribution in [0.5, 0.6) is 11.9 Å². The Balaban J connectivity index is 1.46. The molecule has 1 aliphatic rings. The molecule has 0 aromatic carbocycles. The van der Waals surface area contributed by atoms with Crippen LogP contribution in [-0.4, -0.2) is 79.6 Å². The molecule has 3 aromatic rings. The van der Waals surface area contributed by atoms with Crippen LogP contribution < -0.4 is 9.47 Å². The van der Waals surface area contributed by atoms with Gasteiger partial charge in [0.05, 0.1) is 12.0 Å². The Bertz CT molecular complexity index is 1280. The van der Waals surface area contributed by atoms with E-state index < -0.39 is 21.4 Å². The number of ether oxygens (including phenoxy) is 3. The van der Waals surface area contributed by atoms with Gasteiger partial charge in [0.25, 0.3) is 0 Å². The van der Waals surface area contributed by atoms with Gasteiger partial charge in [-0.25, -0.2) is 15.0 Å². The Kier molecular flexibility index (Phi) is 8.80. The topological polar surface area (TPSA) is 121 Å². The van der Waals surface area contributed by atoms with Gasteiger partial charge in [0.1, 0.15) is 25.1 Å². The third-order valence-electron chi connectivity index (χ3n) is 6.56. The maximum Gasteiger partial charge on any atom is 0.317 e. The zero-order valence-electron chi connectivity index (χ0n) is 23.6. The summed E-state index contributed by atoms with van der Waals surface area (Å²) in [5.74, 6) is 0.977. The Morgan fingerprint density at radius 1 is 1.18 bits per heavy atom. The van der Waals surface area contributed by atoms with Gasteiger partial charge in [-0.1, -0.05) is 6.07 Å². The number of hydrogen-bond donors (Lipinski definition) is 1. The Morgan fingerprint density at radius 3 is 2.54 bits per heavy atom. The lowest BCUT2D eigenvalue weighted by Gasteiger charge is -2.26. The first kappa shape index (κ1) is 28.8. The predicted octanol–water partition coefficient (Wildman–Crippen LogP) is 4.80. The first-order chi connectivity index (χ1) is 18.4. The second kappa shape index (κ2) is 11.9. The van der Waals surface area contributed by atoms with Gasteiger partial charge in [0, 0.05) is 35.3 Å². The smallest absolute Gasteiger partial charge is 0.317 e. The summed E-state index contributed by atoms with van der Waals surface area (Å²) in [5.41, 5.74) is 2.37. The standard InChI is InChI=1S/C28H39N5O5S/c1-19-14-24(37-17-28(2,3)26(34)35)30-16-22(19)20-10-11-23(29-15-20)25-31-27(38-21-8-7-9-21)33(32-25)18-36-12-13-39(4,5)6/h10-11,14-16,21H,7-9,12-13,17-18H2,1-6H3,(H,34,35). The van der Waals surface area contributed by atoms with E-state index in [0.29, 0.717) is 30.0 Å². The average Bonchev–Trinajstić information content (AvgIpc) is 3.25. The summed E-state index contributed by atoms with van der Waals surface area (Å²) in [6.45, 7) is 6.16. The number of aliphatic carboxylic acids is 1. The Morgan fingerprint density at radius 2 is 1.95 bits per heavy atom. The van der Waals surface area contributed by atoms with Gasteiger partial charge in [-0.05, 0) is 70.4 Å². The molecule has 0 atom stereocenters. The molecule has 1 aliphatic carbocycles. The summed E-state index contributed by atoms with van der Waals surface area (Å²) in [4.78, 5) is 24.9. The SMILES string of the molecule is Cc1cc(OCC(C)(C)C(=O)O)ncc1-c1ccc(-c2nc(OC3CCC3)n(COCCS(C)(C)C)n2)nc1. The first-order valence-corrected chi connectivity index (χ1v) is 16.1. The molecule has 0 radical (unpaired) electrons. The van der Waals surface area contributed by atoms with E-state index in [1.54, 1.807) is 37.0 Å². The maximum absolute atomic E-state index is 11.3. The normalized spacial score (nSPS) is 14.6. The van der Waals surface area contributed by atoms with E-state index in [4.69, 9.17) is 14.2 Å². The molecule has 1 fully saturated rings. The number of carbonyl (C=O) groups is 1. The molecule has 1 saturated carbocycles. The molecular weight excluding hydrogens is 518 g/mol. The Labute approximate surface area is 231 Å². The van der Waals surface area contributed by atoms with Gasteiger partial charge in [-0.15, -0.1) is 5.10 Å². The van der Waals surface area contributed by atoms with Crippen molar-refractivity contribution in [3.63, 3.8) is 0 Å². The number of nitrogens with zero attached hydrogens (tertiary/aromatic N) is 5. The molecule has 4 rings (SSSR count). The van der Waals surface area contributed by atoms with E-state index >= 15 is 0 Å². The van der Waals surface area contributed by atoms with E-state index in [9.17, 15) is 9.90 Å². The van der Waals surface area contributed by atoms with E-state index in [1.807, 2.05) is 19.1 Å². The molecule has 0 unspecified atom stereocenters. The summed E-state index contributed by atoms with van der Waals surface area (Å²) < 4.78 is 19.3. The molecule has 39 heavy (non-hydrogen) atoms. The highest BCUT2D eigenvalue weighted by molar-refractivity contribution is 8.32. The fourth-order valence-electron chi connectivity index (χ4n) is 3.62. The molecule has 0 bridgehead atoms. The van der Waals surface area contributed by atoms with Crippen molar-refractivity contribution in [2.45, 2.75) is 52.9 Å². The lowest BCUT2D eigenvalue weighted by Crippen LogP contribution is -2.30. The van der Waals surface area contributed by atoms with Crippen LogP contribution in [0.15, 0.2) is 30.6 Å². The van der Waals surface area contributed by atoms with Crippen LogP contribution in [0.1, 0.15) is 38.7 Å². The van der Waals surface area contributed by atoms with Crippen molar-refractivity contribution in [1.82, 2.24) is 24.7 Å². The zero-order chi connectivity index (χ0) is 28.2. The highest BCUT2D eigenvalue weighted by atomic mass is 32.3. The average molecular weight is 558 g/mol. The molecule has 212 valence electrons. The highest BCUT2D eigenvalue weighted by Crippen LogP contribution is 2.34. The van der Waals surface area contributed by atoms with Crippen LogP contribution in [0, 0.1) is 12.3 Å². The van der Waals surface area contributed by atoms with Crippen molar-refractivity contribution in [1.29, 1.82) is 0 Å². The lowest BCUT2D eigenvalue weighted by atomic mass is 9.95. The number of pyridine rings is 2. The summed E-state index contributed by atoms with van der Waals surface area (Å²) in [6, 6.07) is 6.10. The molecule has 0 saturated heterocycles. The van der Waals surface area contributed by atoms with Crippen LogP contribution >= 0.6 is 10.0 Å². The molecule has 11 heteroatoms. The van der Waals surface area contributed by atoms with Crippen LogP contribution in [0.3, 0.4) is 0 Å². The summed E-state index contributed by atoms with van der Waals surface area (Å²) in [7, 11) is -0.629. The number of carboxylic acid groups (broad SMARTS) is 1. The van der Waals surface area contributed by atoms with Crippen LogP contribution in [0.2, 0.25) is 0 Å². The summed E-state index contributed by atoms with van der Waals surface area (Å²) >= 11 is 0. The molecular formula is C28H39N5O5S. The number of hydrogen-bond acceptors (Lipinski definition) is 8. The van der Waals surface area contributed by atoms with E-state index in [0.717, 1.165) is 35.3 Å². The van der Waals surface area contributed by atoms with Gasteiger partial charge in [-0.3, -0.25) is 9.78 Å². The minimum absolute atomic E-state index is 0.0269. The second-order valence-corrected chi connectivity index (χ2v) is 16.1.